The molecule has 18 heavy (non-hydrogen) atoms. The smallest absolute Gasteiger partial charge is 0.0405 e. The van der Waals surface area contributed by atoms with Crippen LogP contribution in [-0.4, -0.2) is 10.7 Å². The van der Waals surface area contributed by atoms with Crippen molar-refractivity contribution in [1.29, 1.82) is 0 Å². The monoisotopic (exact) mass is 258 g/mol. The van der Waals surface area contributed by atoms with Crippen LogP contribution in [0, 0.1) is 13.8 Å². The molecule has 0 saturated heterocycles. The number of pyridine rings is 1. The summed E-state index contributed by atoms with van der Waals surface area (Å²) in [6.45, 7) is 4.09. The van der Waals surface area contributed by atoms with Gasteiger partial charge < -0.3 is 5.73 Å². The highest BCUT2D eigenvalue weighted by atomic mass is 32.2. The van der Waals surface area contributed by atoms with Crippen molar-refractivity contribution < 1.29 is 0 Å². The maximum atomic E-state index is 6.17. The Kier molecular flexibility index (Phi) is 4.39. The number of aryl methyl sites for hydroxylation is 2. The first kappa shape index (κ1) is 13.1. The van der Waals surface area contributed by atoms with Crippen molar-refractivity contribution in [2.24, 2.45) is 5.73 Å². The Bertz CT molecular complexity index is 508. The molecule has 1 atom stereocenters. The fourth-order valence-electron chi connectivity index (χ4n) is 1.69. The Morgan fingerprint density at radius 2 is 2.06 bits per heavy atom. The van der Waals surface area contributed by atoms with Gasteiger partial charge in [-0.3, -0.25) is 4.98 Å². The van der Waals surface area contributed by atoms with Crippen molar-refractivity contribution in [3.05, 3.63) is 59.4 Å². The van der Waals surface area contributed by atoms with Crippen LogP contribution in [0.3, 0.4) is 0 Å². The summed E-state index contributed by atoms with van der Waals surface area (Å²) in [5.41, 5.74) is 9.58. The maximum Gasteiger partial charge on any atom is 0.0405 e. The summed E-state index contributed by atoms with van der Waals surface area (Å²) >= 11 is 1.79. The van der Waals surface area contributed by atoms with Crippen molar-refractivity contribution in [3.8, 4) is 0 Å². The first-order chi connectivity index (χ1) is 8.65. The molecule has 0 radical (unpaired) electrons. The lowest BCUT2D eigenvalue weighted by Crippen LogP contribution is -2.13. The van der Waals surface area contributed by atoms with Gasteiger partial charge in [0.15, 0.2) is 0 Å². The summed E-state index contributed by atoms with van der Waals surface area (Å²) in [5.74, 6) is 0.869. The Labute approximate surface area is 113 Å². The first-order valence-corrected chi connectivity index (χ1v) is 7.01. The van der Waals surface area contributed by atoms with Crippen LogP contribution in [0.15, 0.2) is 47.5 Å². The van der Waals surface area contributed by atoms with E-state index in [0.717, 1.165) is 17.0 Å². The molecule has 94 valence electrons. The second-order valence-corrected chi connectivity index (χ2v) is 5.56. The van der Waals surface area contributed by atoms with Crippen LogP contribution in [0.1, 0.15) is 22.9 Å². The predicted octanol–water partition coefficient (Wildman–Crippen LogP) is 3.49. The molecule has 2 aromatic rings. The molecule has 0 spiro atoms. The summed E-state index contributed by atoms with van der Waals surface area (Å²) in [5, 5.41) is 0. The molecule has 0 aliphatic rings. The average Bonchev–Trinajstić information content (AvgIpc) is 2.37. The molecule has 0 bridgehead atoms. The molecule has 0 aliphatic heterocycles. The molecular formula is C15H18N2S. The van der Waals surface area contributed by atoms with Gasteiger partial charge in [0.25, 0.3) is 0 Å². The highest BCUT2D eigenvalue weighted by Crippen LogP contribution is 2.23. The van der Waals surface area contributed by atoms with Gasteiger partial charge >= 0.3 is 0 Å². The normalized spacial score (nSPS) is 12.4. The van der Waals surface area contributed by atoms with Gasteiger partial charge in [-0.2, -0.15) is 0 Å². The molecule has 2 nitrogen and oxygen atoms in total. The molecule has 1 aromatic heterocycles. The number of rotatable bonds is 4. The number of hydrogen-bond acceptors (Lipinski definition) is 3. The molecule has 0 saturated carbocycles. The zero-order chi connectivity index (χ0) is 13.0. The Balaban J connectivity index is 1.96. The molecule has 1 unspecified atom stereocenters. The summed E-state index contributed by atoms with van der Waals surface area (Å²) < 4.78 is 0. The molecule has 0 amide bonds. The van der Waals surface area contributed by atoms with E-state index in [1.807, 2.05) is 19.2 Å². The van der Waals surface area contributed by atoms with Crippen LogP contribution in [0.25, 0.3) is 0 Å². The van der Waals surface area contributed by atoms with Gasteiger partial charge in [0.05, 0.1) is 0 Å². The molecule has 1 heterocycles. The van der Waals surface area contributed by atoms with Crippen molar-refractivity contribution in [1.82, 2.24) is 4.98 Å². The van der Waals surface area contributed by atoms with Gasteiger partial charge in [0, 0.05) is 28.6 Å². The maximum absolute atomic E-state index is 6.17. The second kappa shape index (κ2) is 6.03. The third-order valence-corrected chi connectivity index (χ3v) is 3.89. The van der Waals surface area contributed by atoms with Crippen molar-refractivity contribution in [2.45, 2.75) is 24.8 Å². The molecule has 0 aliphatic carbocycles. The lowest BCUT2D eigenvalue weighted by molar-refractivity contribution is 0.822. The highest BCUT2D eigenvalue weighted by Gasteiger charge is 2.07. The van der Waals surface area contributed by atoms with Crippen LogP contribution in [0.2, 0.25) is 0 Å². The number of aromatic nitrogens is 1. The van der Waals surface area contributed by atoms with Crippen LogP contribution in [-0.2, 0) is 0 Å². The van der Waals surface area contributed by atoms with E-state index in [9.17, 15) is 0 Å². The molecule has 2 N–H and O–H groups in total. The minimum Gasteiger partial charge on any atom is -0.323 e. The first-order valence-electron chi connectivity index (χ1n) is 6.03. The van der Waals surface area contributed by atoms with E-state index < -0.39 is 0 Å². The van der Waals surface area contributed by atoms with E-state index in [1.54, 1.807) is 11.8 Å². The van der Waals surface area contributed by atoms with Crippen LogP contribution in [0.4, 0.5) is 0 Å². The van der Waals surface area contributed by atoms with Gasteiger partial charge in [0.2, 0.25) is 0 Å². The SMILES string of the molecule is Cc1cccc(SCC(N)c2ccc(C)nc2)c1. The largest absolute Gasteiger partial charge is 0.323 e. The van der Waals surface area contributed by atoms with E-state index in [0.29, 0.717) is 0 Å². The van der Waals surface area contributed by atoms with Gasteiger partial charge in [0.1, 0.15) is 0 Å². The number of benzene rings is 1. The van der Waals surface area contributed by atoms with Gasteiger partial charge in [-0.15, -0.1) is 11.8 Å². The van der Waals surface area contributed by atoms with Gasteiger partial charge in [-0.25, -0.2) is 0 Å². The lowest BCUT2D eigenvalue weighted by Gasteiger charge is -2.11. The highest BCUT2D eigenvalue weighted by molar-refractivity contribution is 7.99. The predicted molar refractivity (Wildman–Crippen MR) is 77.8 cm³/mol. The summed E-state index contributed by atoms with van der Waals surface area (Å²) in [4.78, 5) is 5.55. The third-order valence-electron chi connectivity index (χ3n) is 2.78. The number of nitrogens with zero attached hydrogens (tertiary/aromatic N) is 1. The van der Waals surface area contributed by atoms with Crippen molar-refractivity contribution in [3.63, 3.8) is 0 Å². The van der Waals surface area contributed by atoms with Crippen LogP contribution < -0.4 is 5.73 Å². The molecule has 3 heteroatoms. The zero-order valence-corrected chi connectivity index (χ0v) is 11.6. The second-order valence-electron chi connectivity index (χ2n) is 4.47. The number of thioether (sulfide) groups is 1. The molecule has 2 rings (SSSR count). The molecular weight excluding hydrogens is 240 g/mol. The van der Waals surface area contributed by atoms with E-state index in [-0.39, 0.29) is 6.04 Å². The van der Waals surface area contributed by atoms with Crippen molar-refractivity contribution in [2.75, 3.05) is 5.75 Å². The Hall–Kier alpha value is -1.32. The van der Waals surface area contributed by atoms with Crippen LogP contribution >= 0.6 is 11.8 Å². The fourth-order valence-corrected chi connectivity index (χ4v) is 2.69. The third kappa shape index (κ3) is 3.59. The Morgan fingerprint density at radius 3 is 2.72 bits per heavy atom. The summed E-state index contributed by atoms with van der Waals surface area (Å²) in [6.07, 6.45) is 1.87. The minimum atomic E-state index is 0.0311. The van der Waals surface area contributed by atoms with Gasteiger partial charge in [-0.1, -0.05) is 23.8 Å². The fraction of sp³-hybridized carbons (Fsp3) is 0.267. The Morgan fingerprint density at radius 1 is 1.22 bits per heavy atom. The minimum absolute atomic E-state index is 0.0311. The van der Waals surface area contributed by atoms with Gasteiger partial charge in [-0.05, 0) is 37.6 Å². The molecule has 0 fully saturated rings. The van der Waals surface area contributed by atoms with E-state index >= 15 is 0 Å². The van der Waals surface area contributed by atoms with E-state index in [1.165, 1.54) is 10.5 Å². The lowest BCUT2D eigenvalue weighted by atomic mass is 10.1. The summed E-state index contributed by atoms with van der Waals surface area (Å²) in [7, 11) is 0. The quantitative estimate of drug-likeness (QED) is 0.853. The average molecular weight is 258 g/mol. The zero-order valence-electron chi connectivity index (χ0n) is 10.8. The molecule has 1 aromatic carbocycles. The van der Waals surface area contributed by atoms with Crippen LogP contribution in [0.5, 0.6) is 0 Å². The standard InChI is InChI=1S/C15H18N2S/c1-11-4-3-5-14(8-11)18-10-15(16)13-7-6-12(2)17-9-13/h3-9,15H,10,16H2,1-2H3. The number of nitrogens with two attached hydrogens (primary N) is 1. The van der Waals surface area contributed by atoms with E-state index in [4.69, 9.17) is 5.73 Å². The number of hydrogen-bond donors (Lipinski definition) is 1. The van der Waals surface area contributed by atoms with Crippen molar-refractivity contribution >= 4 is 11.8 Å². The van der Waals surface area contributed by atoms with E-state index in [2.05, 4.69) is 42.2 Å². The topological polar surface area (TPSA) is 38.9 Å². The summed E-state index contributed by atoms with van der Waals surface area (Å²) in [6, 6.07) is 12.6.